The number of halogens is 2. The number of hydrogen-bond acceptors (Lipinski definition) is 3. The van der Waals surface area contributed by atoms with E-state index in [2.05, 4.69) is 5.32 Å². The quantitative estimate of drug-likeness (QED) is 0.786. The van der Waals surface area contributed by atoms with Crippen molar-refractivity contribution in [1.82, 2.24) is 0 Å². The molecule has 0 aromatic heterocycles. The summed E-state index contributed by atoms with van der Waals surface area (Å²) in [5.41, 5.74) is 1.49. The Hall–Kier alpha value is -2.14. The van der Waals surface area contributed by atoms with Gasteiger partial charge in [-0.05, 0) is 17.7 Å². The van der Waals surface area contributed by atoms with Crippen LogP contribution in [0.25, 0.3) is 0 Å². The molecule has 0 bridgehead atoms. The van der Waals surface area contributed by atoms with E-state index in [4.69, 9.17) is 10.5 Å². The molecule has 80 valence electrons. The zero-order valence-corrected chi connectivity index (χ0v) is 8.17. The SMILES string of the molecule is N#Cc1ccc2c(c1C#N)CC(C(F)F)N2. The van der Waals surface area contributed by atoms with Crippen molar-refractivity contribution in [3.8, 4) is 12.1 Å². The number of fused-ring (bicyclic) bond motifs is 1. The van der Waals surface area contributed by atoms with Gasteiger partial charge in [-0.15, -0.1) is 0 Å². The Bertz CT molecular complexity index is 511. The van der Waals surface area contributed by atoms with Crippen molar-refractivity contribution in [2.45, 2.75) is 18.9 Å². The highest BCUT2D eigenvalue weighted by Crippen LogP contribution is 2.32. The number of hydrogen-bond donors (Lipinski definition) is 1. The minimum absolute atomic E-state index is 0.0887. The monoisotopic (exact) mass is 219 g/mol. The minimum Gasteiger partial charge on any atom is -0.376 e. The molecule has 0 spiro atoms. The molecule has 0 saturated heterocycles. The predicted octanol–water partition coefficient (Wildman–Crippen LogP) is 2.03. The van der Waals surface area contributed by atoms with Crippen LogP contribution < -0.4 is 5.32 Å². The second-order valence-corrected chi connectivity index (χ2v) is 3.53. The van der Waals surface area contributed by atoms with Gasteiger partial charge in [0.1, 0.15) is 12.1 Å². The van der Waals surface area contributed by atoms with Gasteiger partial charge in [0.25, 0.3) is 6.43 Å². The third kappa shape index (κ3) is 1.47. The van der Waals surface area contributed by atoms with E-state index in [-0.39, 0.29) is 17.5 Å². The van der Waals surface area contributed by atoms with Gasteiger partial charge < -0.3 is 5.32 Å². The van der Waals surface area contributed by atoms with E-state index < -0.39 is 12.5 Å². The second kappa shape index (κ2) is 3.79. The summed E-state index contributed by atoms with van der Waals surface area (Å²) in [6, 6.07) is 5.86. The second-order valence-electron chi connectivity index (χ2n) is 3.53. The highest BCUT2D eigenvalue weighted by molar-refractivity contribution is 5.67. The average Bonchev–Trinajstić information content (AvgIpc) is 2.71. The first-order valence-corrected chi connectivity index (χ1v) is 4.68. The molecule has 2 rings (SSSR count). The topological polar surface area (TPSA) is 59.6 Å². The summed E-state index contributed by atoms with van der Waals surface area (Å²) in [5.74, 6) is 0. The highest BCUT2D eigenvalue weighted by atomic mass is 19.3. The van der Waals surface area contributed by atoms with Crippen molar-refractivity contribution in [2.24, 2.45) is 0 Å². The van der Waals surface area contributed by atoms with E-state index in [1.54, 1.807) is 6.07 Å². The van der Waals surface area contributed by atoms with E-state index in [9.17, 15) is 8.78 Å². The van der Waals surface area contributed by atoms with E-state index in [1.165, 1.54) is 6.07 Å². The van der Waals surface area contributed by atoms with Crippen LogP contribution >= 0.6 is 0 Å². The van der Waals surface area contributed by atoms with Gasteiger partial charge in [-0.25, -0.2) is 8.78 Å². The van der Waals surface area contributed by atoms with Crippen molar-refractivity contribution < 1.29 is 8.78 Å². The fourth-order valence-electron chi connectivity index (χ4n) is 1.84. The Balaban J connectivity index is 2.48. The van der Waals surface area contributed by atoms with Gasteiger partial charge in [0.2, 0.25) is 0 Å². The first kappa shape index (κ1) is 10.4. The molecular weight excluding hydrogens is 212 g/mol. The van der Waals surface area contributed by atoms with E-state index in [0.29, 0.717) is 11.3 Å². The summed E-state index contributed by atoms with van der Waals surface area (Å²) in [7, 11) is 0. The standard InChI is InChI=1S/C11H7F2N3/c12-11(13)10-3-7-8(5-15)6(4-14)1-2-9(7)16-10/h1-2,10-11,16H,3H2. The van der Waals surface area contributed by atoms with Crippen molar-refractivity contribution in [3.05, 3.63) is 28.8 Å². The molecule has 0 fully saturated rings. The molecule has 3 nitrogen and oxygen atoms in total. The Morgan fingerprint density at radius 3 is 2.62 bits per heavy atom. The molecule has 1 aromatic rings. The molecule has 1 aliphatic rings. The number of alkyl halides is 2. The first-order valence-electron chi connectivity index (χ1n) is 4.68. The van der Waals surface area contributed by atoms with Gasteiger partial charge in [-0.2, -0.15) is 10.5 Å². The fourth-order valence-corrected chi connectivity index (χ4v) is 1.84. The molecule has 1 N–H and O–H groups in total. The van der Waals surface area contributed by atoms with E-state index in [0.717, 1.165) is 0 Å². The highest BCUT2D eigenvalue weighted by Gasteiger charge is 2.30. The number of nitrogens with zero attached hydrogens (tertiary/aromatic N) is 2. The van der Waals surface area contributed by atoms with Crippen LogP contribution in [-0.4, -0.2) is 12.5 Å². The van der Waals surface area contributed by atoms with Gasteiger partial charge in [-0.1, -0.05) is 0 Å². The third-order valence-electron chi connectivity index (χ3n) is 2.61. The zero-order valence-electron chi connectivity index (χ0n) is 8.17. The lowest BCUT2D eigenvalue weighted by Gasteiger charge is -2.08. The number of nitrogens with one attached hydrogen (secondary N) is 1. The van der Waals surface area contributed by atoms with Gasteiger partial charge >= 0.3 is 0 Å². The van der Waals surface area contributed by atoms with Crippen LogP contribution in [0.15, 0.2) is 12.1 Å². The van der Waals surface area contributed by atoms with Crippen molar-refractivity contribution in [3.63, 3.8) is 0 Å². The molecule has 1 aliphatic heterocycles. The summed E-state index contributed by atoms with van der Waals surface area (Å²) in [6.45, 7) is 0. The fraction of sp³-hybridized carbons (Fsp3) is 0.273. The maximum atomic E-state index is 12.5. The smallest absolute Gasteiger partial charge is 0.258 e. The Kier molecular flexibility index (Phi) is 2.46. The molecule has 0 saturated carbocycles. The molecule has 1 unspecified atom stereocenters. The molecule has 16 heavy (non-hydrogen) atoms. The van der Waals surface area contributed by atoms with E-state index >= 15 is 0 Å². The summed E-state index contributed by atoms with van der Waals surface area (Å²) in [5, 5.41) is 20.4. The lowest BCUT2D eigenvalue weighted by atomic mass is 9.99. The van der Waals surface area contributed by atoms with Gasteiger partial charge in [0, 0.05) is 12.1 Å². The van der Waals surface area contributed by atoms with Crippen LogP contribution in [0.5, 0.6) is 0 Å². The number of benzene rings is 1. The lowest BCUT2D eigenvalue weighted by Crippen LogP contribution is -2.24. The third-order valence-corrected chi connectivity index (χ3v) is 2.61. The summed E-state index contributed by atoms with van der Waals surface area (Å²) >= 11 is 0. The predicted molar refractivity (Wildman–Crippen MR) is 53.0 cm³/mol. The molecule has 1 aromatic carbocycles. The van der Waals surface area contributed by atoms with Gasteiger partial charge in [-0.3, -0.25) is 0 Å². The molecular formula is C11H7F2N3. The molecule has 5 heteroatoms. The minimum atomic E-state index is -2.48. The number of rotatable bonds is 1. The van der Waals surface area contributed by atoms with Crippen molar-refractivity contribution in [2.75, 3.05) is 5.32 Å². The van der Waals surface area contributed by atoms with Crippen LogP contribution in [0.3, 0.4) is 0 Å². The lowest BCUT2D eigenvalue weighted by molar-refractivity contribution is 0.126. The molecule has 0 radical (unpaired) electrons. The van der Waals surface area contributed by atoms with Crippen molar-refractivity contribution in [1.29, 1.82) is 10.5 Å². The first-order chi connectivity index (χ1) is 7.67. The Morgan fingerprint density at radius 2 is 2.06 bits per heavy atom. The number of nitriles is 2. The maximum absolute atomic E-state index is 12.5. The van der Waals surface area contributed by atoms with Crippen LogP contribution in [0, 0.1) is 22.7 Å². The van der Waals surface area contributed by atoms with Gasteiger partial charge in [0.05, 0.1) is 17.2 Å². The number of anilines is 1. The molecule has 1 atom stereocenters. The summed E-state index contributed by atoms with van der Waals surface area (Å²) in [6.07, 6.45) is -2.39. The molecule has 0 aliphatic carbocycles. The van der Waals surface area contributed by atoms with Gasteiger partial charge in [0.15, 0.2) is 0 Å². The Morgan fingerprint density at radius 1 is 1.31 bits per heavy atom. The Labute approximate surface area is 90.9 Å². The van der Waals surface area contributed by atoms with Crippen LogP contribution in [0.1, 0.15) is 16.7 Å². The summed E-state index contributed by atoms with van der Waals surface area (Å²) < 4.78 is 25.0. The maximum Gasteiger partial charge on any atom is 0.258 e. The van der Waals surface area contributed by atoms with Crippen LogP contribution in [0.4, 0.5) is 14.5 Å². The normalized spacial score (nSPS) is 17.4. The summed E-state index contributed by atoms with van der Waals surface area (Å²) in [4.78, 5) is 0. The van der Waals surface area contributed by atoms with E-state index in [1.807, 2.05) is 12.1 Å². The van der Waals surface area contributed by atoms with Crippen LogP contribution in [0.2, 0.25) is 0 Å². The molecule has 1 heterocycles. The van der Waals surface area contributed by atoms with Crippen LogP contribution in [-0.2, 0) is 6.42 Å². The largest absolute Gasteiger partial charge is 0.376 e. The molecule has 0 amide bonds. The van der Waals surface area contributed by atoms with Crippen molar-refractivity contribution >= 4 is 5.69 Å². The average molecular weight is 219 g/mol. The zero-order chi connectivity index (χ0) is 11.7.